The number of anilines is 1. The fourth-order valence-electron chi connectivity index (χ4n) is 1.73. The Kier molecular flexibility index (Phi) is 2.85. The van der Waals surface area contributed by atoms with Gasteiger partial charge in [0.25, 0.3) is 0 Å². The van der Waals surface area contributed by atoms with Gasteiger partial charge in [-0.25, -0.2) is 4.98 Å². The number of aromatic nitrogens is 1. The molecule has 1 aliphatic heterocycles. The molecule has 0 aromatic carbocycles. The van der Waals surface area contributed by atoms with E-state index in [4.69, 9.17) is 5.73 Å². The molecule has 5 nitrogen and oxygen atoms in total. The highest BCUT2D eigenvalue weighted by Crippen LogP contribution is 2.17. The number of carbonyl (C=O) groups is 2. The first-order valence-electron chi connectivity index (χ1n) is 5.21. The normalized spacial score (nSPS) is 16.6. The molecule has 16 heavy (non-hydrogen) atoms. The first-order chi connectivity index (χ1) is 7.68. The predicted octanol–water partition coefficient (Wildman–Crippen LogP) is 0.703. The van der Waals surface area contributed by atoms with Crippen molar-refractivity contribution in [2.24, 2.45) is 0 Å². The summed E-state index contributed by atoms with van der Waals surface area (Å²) in [6, 6.07) is 3.52. The zero-order valence-electron chi connectivity index (χ0n) is 8.85. The van der Waals surface area contributed by atoms with Gasteiger partial charge >= 0.3 is 0 Å². The number of pyridine rings is 1. The van der Waals surface area contributed by atoms with Crippen molar-refractivity contribution in [1.82, 2.24) is 9.88 Å². The van der Waals surface area contributed by atoms with Crippen molar-refractivity contribution in [2.75, 3.05) is 5.73 Å². The van der Waals surface area contributed by atoms with Crippen molar-refractivity contribution in [2.45, 2.75) is 25.8 Å². The van der Waals surface area contributed by atoms with Crippen LogP contribution in [0.25, 0.3) is 0 Å². The van der Waals surface area contributed by atoms with Crippen LogP contribution < -0.4 is 5.73 Å². The minimum absolute atomic E-state index is 0.125. The molecule has 2 amide bonds. The van der Waals surface area contributed by atoms with Crippen LogP contribution in [-0.2, 0) is 16.1 Å². The number of piperidine rings is 1. The standard InChI is InChI=1S/C11H13N3O2/c12-11-8(3-2-6-13-11)7-14-9(15)4-1-5-10(14)16/h2-3,6H,1,4-5,7H2,(H2,12,13). The monoisotopic (exact) mass is 219 g/mol. The summed E-state index contributed by atoms with van der Waals surface area (Å²) >= 11 is 0. The number of hydrogen-bond acceptors (Lipinski definition) is 4. The minimum atomic E-state index is -0.125. The van der Waals surface area contributed by atoms with E-state index in [1.807, 2.05) is 0 Å². The van der Waals surface area contributed by atoms with E-state index >= 15 is 0 Å². The number of nitrogens with two attached hydrogens (primary N) is 1. The van der Waals surface area contributed by atoms with E-state index < -0.39 is 0 Å². The molecule has 5 heteroatoms. The summed E-state index contributed by atoms with van der Waals surface area (Å²) in [4.78, 5) is 28.3. The highest BCUT2D eigenvalue weighted by Gasteiger charge is 2.26. The molecule has 2 rings (SSSR count). The van der Waals surface area contributed by atoms with Gasteiger partial charge in [-0.3, -0.25) is 14.5 Å². The Labute approximate surface area is 93.3 Å². The lowest BCUT2D eigenvalue weighted by Crippen LogP contribution is -2.39. The number of nitrogen functional groups attached to an aromatic ring is 1. The van der Waals surface area contributed by atoms with E-state index in [2.05, 4.69) is 4.98 Å². The summed E-state index contributed by atoms with van der Waals surface area (Å²) in [7, 11) is 0. The van der Waals surface area contributed by atoms with Gasteiger partial charge in [-0.05, 0) is 12.5 Å². The van der Waals surface area contributed by atoms with Gasteiger partial charge in [0, 0.05) is 24.6 Å². The van der Waals surface area contributed by atoms with Crippen molar-refractivity contribution < 1.29 is 9.59 Å². The number of nitrogens with zero attached hydrogens (tertiary/aromatic N) is 2. The lowest BCUT2D eigenvalue weighted by molar-refractivity contribution is -0.148. The second-order valence-electron chi connectivity index (χ2n) is 3.77. The Morgan fingerprint density at radius 2 is 2.00 bits per heavy atom. The third kappa shape index (κ3) is 2.03. The molecule has 0 spiro atoms. The molecule has 0 bridgehead atoms. The van der Waals surface area contributed by atoms with Gasteiger partial charge in [-0.15, -0.1) is 0 Å². The molecule has 0 saturated carbocycles. The van der Waals surface area contributed by atoms with Crippen LogP contribution in [0.15, 0.2) is 18.3 Å². The molecule has 2 heterocycles. The van der Waals surface area contributed by atoms with E-state index in [-0.39, 0.29) is 18.4 Å². The first kappa shape index (κ1) is 10.6. The van der Waals surface area contributed by atoms with Crippen LogP contribution >= 0.6 is 0 Å². The Hall–Kier alpha value is -1.91. The first-order valence-corrected chi connectivity index (χ1v) is 5.21. The van der Waals surface area contributed by atoms with Crippen LogP contribution in [0.3, 0.4) is 0 Å². The number of likely N-dealkylation sites (tertiary alicyclic amines) is 1. The van der Waals surface area contributed by atoms with Gasteiger partial charge in [0.15, 0.2) is 0 Å². The molecule has 0 radical (unpaired) electrons. The van der Waals surface area contributed by atoms with Crippen LogP contribution in [0.1, 0.15) is 24.8 Å². The maximum atomic E-state index is 11.6. The highest BCUT2D eigenvalue weighted by molar-refractivity contribution is 5.97. The zero-order chi connectivity index (χ0) is 11.5. The van der Waals surface area contributed by atoms with Crippen molar-refractivity contribution >= 4 is 17.6 Å². The molecule has 84 valence electrons. The number of amides is 2. The second-order valence-corrected chi connectivity index (χ2v) is 3.77. The van der Waals surface area contributed by atoms with Crippen LogP contribution in [0.2, 0.25) is 0 Å². The molecule has 2 N–H and O–H groups in total. The second kappa shape index (κ2) is 4.30. The molecular formula is C11H13N3O2. The van der Waals surface area contributed by atoms with Crippen LogP contribution in [-0.4, -0.2) is 21.7 Å². The van der Waals surface area contributed by atoms with E-state index in [0.717, 1.165) is 0 Å². The fraction of sp³-hybridized carbons (Fsp3) is 0.364. The minimum Gasteiger partial charge on any atom is -0.383 e. The Morgan fingerprint density at radius 3 is 2.62 bits per heavy atom. The van der Waals surface area contributed by atoms with Gasteiger partial charge < -0.3 is 5.73 Å². The molecule has 0 atom stereocenters. The largest absolute Gasteiger partial charge is 0.383 e. The Morgan fingerprint density at radius 1 is 1.31 bits per heavy atom. The summed E-state index contributed by atoms with van der Waals surface area (Å²) in [5.41, 5.74) is 6.38. The van der Waals surface area contributed by atoms with Crippen molar-refractivity contribution in [3.05, 3.63) is 23.9 Å². The maximum absolute atomic E-state index is 11.6. The Bertz CT molecular complexity index is 415. The molecule has 1 saturated heterocycles. The van der Waals surface area contributed by atoms with Gasteiger partial charge in [0.2, 0.25) is 11.8 Å². The van der Waals surface area contributed by atoms with Crippen LogP contribution in [0.5, 0.6) is 0 Å². The SMILES string of the molecule is Nc1ncccc1CN1C(=O)CCCC1=O. The lowest BCUT2D eigenvalue weighted by Gasteiger charge is -2.25. The average molecular weight is 219 g/mol. The van der Waals surface area contributed by atoms with Gasteiger partial charge in [-0.1, -0.05) is 6.07 Å². The maximum Gasteiger partial charge on any atom is 0.229 e. The van der Waals surface area contributed by atoms with E-state index in [1.165, 1.54) is 4.90 Å². The molecule has 1 fully saturated rings. The number of imide groups is 1. The quantitative estimate of drug-likeness (QED) is 0.743. The van der Waals surface area contributed by atoms with E-state index in [9.17, 15) is 9.59 Å². The third-order valence-corrected chi connectivity index (χ3v) is 2.64. The third-order valence-electron chi connectivity index (χ3n) is 2.64. The summed E-state index contributed by atoms with van der Waals surface area (Å²) in [6.07, 6.45) is 3.10. The smallest absolute Gasteiger partial charge is 0.229 e. The van der Waals surface area contributed by atoms with Gasteiger partial charge in [0.1, 0.15) is 5.82 Å². The molecule has 1 aromatic rings. The van der Waals surface area contributed by atoms with Crippen LogP contribution in [0, 0.1) is 0 Å². The van der Waals surface area contributed by atoms with E-state index in [0.29, 0.717) is 30.6 Å². The van der Waals surface area contributed by atoms with Gasteiger partial charge in [-0.2, -0.15) is 0 Å². The van der Waals surface area contributed by atoms with Gasteiger partial charge in [0.05, 0.1) is 6.54 Å². The lowest BCUT2D eigenvalue weighted by atomic mass is 10.1. The number of hydrogen-bond donors (Lipinski definition) is 1. The average Bonchev–Trinajstić information content (AvgIpc) is 2.26. The van der Waals surface area contributed by atoms with E-state index in [1.54, 1.807) is 18.3 Å². The number of carbonyl (C=O) groups excluding carboxylic acids is 2. The molecule has 1 aromatic heterocycles. The van der Waals surface area contributed by atoms with Crippen molar-refractivity contribution in [3.8, 4) is 0 Å². The predicted molar refractivity (Wildman–Crippen MR) is 58.1 cm³/mol. The topological polar surface area (TPSA) is 76.3 Å². The fourth-order valence-corrected chi connectivity index (χ4v) is 1.73. The summed E-state index contributed by atoms with van der Waals surface area (Å²) in [6.45, 7) is 0.233. The summed E-state index contributed by atoms with van der Waals surface area (Å²) < 4.78 is 0. The zero-order valence-corrected chi connectivity index (χ0v) is 8.85. The molecule has 0 unspecified atom stereocenters. The summed E-state index contributed by atoms with van der Waals surface area (Å²) in [5.74, 6) is 0.118. The highest BCUT2D eigenvalue weighted by atomic mass is 16.2. The molecule has 0 aliphatic carbocycles. The molecule has 1 aliphatic rings. The Balaban J connectivity index is 2.17. The van der Waals surface area contributed by atoms with Crippen molar-refractivity contribution in [1.29, 1.82) is 0 Å². The van der Waals surface area contributed by atoms with Crippen LogP contribution in [0.4, 0.5) is 5.82 Å². The molecular weight excluding hydrogens is 206 g/mol. The summed E-state index contributed by atoms with van der Waals surface area (Å²) in [5, 5.41) is 0. The number of rotatable bonds is 2. The van der Waals surface area contributed by atoms with Crippen molar-refractivity contribution in [3.63, 3.8) is 0 Å².